The van der Waals surface area contributed by atoms with Crippen molar-refractivity contribution < 1.29 is 17.7 Å². The zero-order chi connectivity index (χ0) is 17.0. The van der Waals surface area contributed by atoms with Gasteiger partial charge >= 0.3 is 6.18 Å². The molecular weight excluding hydrogens is 440 g/mol. The van der Waals surface area contributed by atoms with Crippen LogP contribution in [-0.4, -0.2) is 71.3 Å². The molecular formula is C13H22F3IN6O. The summed E-state index contributed by atoms with van der Waals surface area (Å²) in [6, 6.07) is -1.43. The zero-order valence-corrected chi connectivity index (χ0v) is 16.1. The molecule has 1 aromatic rings. The van der Waals surface area contributed by atoms with Gasteiger partial charge in [0.05, 0.1) is 6.54 Å². The van der Waals surface area contributed by atoms with Crippen molar-refractivity contribution in [1.29, 1.82) is 0 Å². The first-order valence-corrected chi connectivity index (χ1v) is 7.37. The van der Waals surface area contributed by atoms with E-state index in [1.165, 1.54) is 11.8 Å². The first-order valence-electron chi connectivity index (χ1n) is 7.37. The van der Waals surface area contributed by atoms with E-state index in [-0.39, 0.29) is 24.0 Å². The summed E-state index contributed by atoms with van der Waals surface area (Å²) in [6.07, 6.45) is -4.20. The van der Waals surface area contributed by atoms with Crippen molar-refractivity contribution in [2.45, 2.75) is 32.6 Å². The maximum atomic E-state index is 12.8. The minimum absolute atomic E-state index is 0. The van der Waals surface area contributed by atoms with E-state index in [2.05, 4.69) is 20.4 Å². The van der Waals surface area contributed by atoms with Gasteiger partial charge in [-0.15, -0.1) is 24.0 Å². The summed E-state index contributed by atoms with van der Waals surface area (Å²) in [7, 11) is 1.63. The number of nitrogens with one attached hydrogen (secondary N) is 1. The third-order valence-corrected chi connectivity index (χ3v) is 3.81. The van der Waals surface area contributed by atoms with Crippen molar-refractivity contribution in [3.05, 3.63) is 11.7 Å². The second-order valence-electron chi connectivity index (χ2n) is 5.38. The summed E-state index contributed by atoms with van der Waals surface area (Å²) in [5.41, 5.74) is 0. The molecule has 7 nitrogen and oxygen atoms in total. The van der Waals surface area contributed by atoms with E-state index in [0.29, 0.717) is 50.4 Å². The van der Waals surface area contributed by atoms with Crippen LogP contribution in [0.15, 0.2) is 9.52 Å². The van der Waals surface area contributed by atoms with E-state index < -0.39 is 12.2 Å². The summed E-state index contributed by atoms with van der Waals surface area (Å²) in [5.74, 6) is 1.60. The molecule has 0 aliphatic carbocycles. The molecule has 1 fully saturated rings. The molecule has 2 rings (SSSR count). The van der Waals surface area contributed by atoms with Crippen LogP contribution in [0.25, 0.3) is 0 Å². The quantitative estimate of drug-likeness (QED) is 0.419. The lowest BCUT2D eigenvalue weighted by molar-refractivity contribution is -0.181. The van der Waals surface area contributed by atoms with Crippen LogP contribution in [-0.2, 0) is 6.54 Å². The Hall–Kier alpha value is -1.11. The highest BCUT2D eigenvalue weighted by atomic mass is 127. The lowest BCUT2D eigenvalue weighted by Gasteiger charge is -2.39. The standard InChI is InChI=1S/C13H21F3N6O.HI/c1-9(13(14,15)16)21-4-6-22(7-5-21)12(17-3)18-8-11-19-10(2)20-23-11;/h9H,4-8H2,1-3H3,(H,17,18);1H. The molecule has 0 amide bonds. The maximum absolute atomic E-state index is 12.8. The number of hydrogen-bond acceptors (Lipinski definition) is 5. The summed E-state index contributed by atoms with van der Waals surface area (Å²) < 4.78 is 43.3. The molecule has 1 aromatic heterocycles. The first-order chi connectivity index (χ1) is 10.8. The summed E-state index contributed by atoms with van der Waals surface area (Å²) in [5, 5.41) is 6.77. The zero-order valence-electron chi connectivity index (χ0n) is 13.8. The van der Waals surface area contributed by atoms with Gasteiger partial charge in [-0.2, -0.15) is 18.2 Å². The third-order valence-electron chi connectivity index (χ3n) is 3.81. The minimum atomic E-state index is -4.20. The largest absolute Gasteiger partial charge is 0.403 e. The monoisotopic (exact) mass is 462 g/mol. The Kier molecular flexibility index (Phi) is 7.70. The highest BCUT2D eigenvalue weighted by Gasteiger charge is 2.41. The lowest BCUT2D eigenvalue weighted by Crippen LogP contribution is -2.56. The number of aromatic nitrogens is 2. The van der Waals surface area contributed by atoms with Crippen molar-refractivity contribution in [2.75, 3.05) is 33.2 Å². The Morgan fingerprint density at radius 2 is 1.96 bits per heavy atom. The van der Waals surface area contributed by atoms with E-state index in [4.69, 9.17) is 4.52 Å². The molecule has 138 valence electrons. The molecule has 24 heavy (non-hydrogen) atoms. The van der Waals surface area contributed by atoms with Gasteiger partial charge in [-0.25, -0.2) is 0 Å². The SMILES string of the molecule is CN=C(NCc1nc(C)no1)N1CCN(C(C)C(F)(F)F)CC1.I. The van der Waals surface area contributed by atoms with Crippen LogP contribution in [0.5, 0.6) is 0 Å². The number of guanidine groups is 1. The number of rotatable bonds is 3. The lowest BCUT2D eigenvalue weighted by atomic mass is 10.2. The first kappa shape index (κ1) is 20.9. The molecule has 0 saturated carbocycles. The predicted molar refractivity (Wildman–Crippen MR) is 93.3 cm³/mol. The van der Waals surface area contributed by atoms with Gasteiger partial charge in [0.15, 0.2) is 11.8 Å². The van der Waals surface area contributed by atoms with Crippen molar-refractivity contribution in [2.24, 2.45) is 4.99 Å². The fraction of sp³-hybridized carbons (Fsp3) is 0.769. The van der Waals surface area contributed by atoms with Crippen molar-refractivity contribution >= 4 is 29.9 Å². The van der Waals surface area contributed by atoms with Crippen LogP contribution in [0.4, 0.5) is 13.2 Å². The van der Waals surface area contributed by atoms with Crippen LogP contribution in [0.2, 0.25) is 0 Å². The molecule has 1 unspecified atom stereocenters. The molecule has 2 heterocycles. The Morgan fingerprint density at radius 1 is 1.33 bits per heavy atom. The highest BCUT2D eigenvalue weighted by Crippen LogP contribution is 2.25. The van der Waals surface area contributed by atoms with Gasteiger partial charge in [0.1, 0.15) is 6.04 Å². The molecule has 0 radical (unpaired) electrons. The molecule has 1 saturated heterocycles. The highest BCUT2D eigenvalue weighted by molar-refractivity contribution is 14.0. The fourth-order valence-electron chi connectivity index (χ4n) is 2.43. The average molecular weight is 462 g/mol. The van der Waals surface area contributed by atoms with Gasteiger partial charge in [-0.05, 0) is 13.8 Å². The van der Waals surface area contributed by atoms with E-state index in [1.807, 2.05) is 4.90 Å². The van der Waals surface area contributed by atoms with E-state index in [9.17, 15) is 13.2 Å². The van der Waals surface area contributed by atoms with Crippen molar-refractivity contribution in [3.63, 3.8) is 0 Å². The number of alkyl halides is 3. The number of nitrogens with zero attached hydrogens (tertiary/aromatic N) is 5. The Balaban J connectivity index is 0.00000288. The average Bonchev–Trinajstić information content (AvgIpc) is 2.92. The normalized spacial score (nSPS) is 18.2. The number of hydrogen-bond donors (Lipinski definition) is 1. The minimum Gasteiger partial charge on any atom is -0.347 e. The molecule has 0 spiro atoms. The molecule has 11 heteroatoms. The van der Waals surface area contributed by atoms with Gasteiger partial charge in [-0.1, -0.05) is 5.16 Å². The Morgan fingerprint density at radius 3 is 2.42 bits per heavy atom. The third kappa shape index (κ3) is 5.46. The molecule has 1 aliphatic heterocycles. The summed E-state index contributed by atoms with van der Waals surface area (Å²) >= 11 is 0. The number of aliphatic imine (C=N–C) groups is 1. The van der Waals surface area contributed by atoms with Gasteiger partial charge in [-0.3, -0.25) is 9.89 Å². The van der Waals surface area contributed by atoms with Gasteiger partial charge in [0.2, 0.25) is 5.89 Å². The summed E-state index contributed by atoms with van der Waals surface area (Å²) in [6.45, 7) is 4.87. The van der Waals surface area contributed by atoms with Crippen molar-refractivity contribution in [3.8, 4) is 0 Å². The van der Waals surface area contributed by atoms with Crippen LogP contribution in [0.3, 0.4) is 0 Å². The smallest absolute Gasteiger partial charge is 0.347 e. The van der Waals surface area contributed by atoms with Crippen LogP contribution in [0, 0.1) is 6.92 Å². The van der Waals surface area contributed by atoms with Crippen LogP contribution >= 0.6 is 24.0 Å². The van der Waals surface area contributed by atoms with Gasteiger partial charge < -0.3 is 14.7 Å². The van der Waals surface area contributed by atoms with Crippen molar-refractivity contribution in [1.82, 2.24) is 25.3 Å². The van der Waals surface area contributed by atoms with E-state index in [1.54, 1.807) is 14.0 Å². The van der Waals surface area contributed by atoms with Gasteiger partial charge in [0, 0.05) is 33.2 Å². The van der Waals surface area contributed by atoms with E-state index >= 15 is 0 Å². The fourth-order valence-corrected chi connectivity index (χ4v) is 2.43. The van der Waals surface area contributed by atoms with Crippen LogP contribution < -0.4 is 5.32 Å². The molecule has 1 aliphatic rings. The number of aryl methyl sites for hydroxylation is 1. The number of piperazine rings is 1. The molecule has 0 aromatic carbocycles. The predicted octanol–water partition coefficient (Wildman–Crippen LogP) is 1.64. The maximum Gasteiger partial charge on any atom is 0.403 e. The number of halogens is 4. The second-order valence-corrected chi connectivity index (χ2v) is 5.38. The molecule has 0 bridgehead atoms. The summed E-state index contributed by atoms with van der Waals surface area (Å²) in [4.78, 5) is 11.6. The van der Waals surface area contributed by atoms with Gasteiger partial charge in [0.25, 0.3) is 0 Å². The topological polar surface area (TPSA) is 69.8 Å². The van der Waals surface area contributed by atoms with Crippen LogP contribution in [0.1, 0.15) is 18.6 Å². The molecule has 1 atom stereocenters. The Bertz CT molecular complexity index is 542. The molecule has 1 N–H and O–H groups in total. The second kappa shape index (κ2) is 8.83. The Labute approximate surface area is 155 Å². The van der Waals surface area contributed by atoms with E-state index in [0.717, 1.165) is 0 Å².